The zero-order chi connectivity index (χ0) is 21.6. The van der Waals surface area contributed by atoms with E-state index in [1.165, 1.54) is 19.2 Å². The number of hydrogen-bond donors (Lipinski definition) is 0. The number of hydrogen-bond acceptors (Lipinski definition) is 5. The molecule has 0 fully saturated rings. The molecule has 0 spiro atoms. The first-order valence-electron chi connectivity index (χ1n) is 9.64. The van der Waals surface area contributed by atoms with Crippen LogP contribution in [0.15, 0.2) is 83.8 Å². The van der Waals surface area contributed by atoms with Crippen molar-refractivity contribution in [2.24, 2.45) is 0 Å². The molecule has 0 amide bonds. The number of ether oxygens (including phenoxy) is 2. The van der Waals surface area contributed by atoms with Crippen LogP contribution in [0.1, 0.15) is 12.5 Å². The molecule has 6 heteroatoms. The highest BCUT2D eigenvalue weighted by Crippen LogP contribution is 2.25. The molecule has 0 aliphatic heterocycles. The second kappa shape index (κ2) is 9.59. The van der Waals surface area contributed by atoms with Crippen LogP contribution in [0.5, 0.6) is 5.75 Å². The van der Waals surface area contributed by atoms with Crippen LogP contribution in [0, 0.1) is 0 Å². The van der Waals surface area contributed by atoms with Crippen LogP contribution < -0.4 is 4.74 Å². The van der Waals surface area contributed by atoms with E-state index in [4.69, 9.17) is 9.47 Å². The van der Waals surface area contributed by atoms with Crippen LogP contribution in [0.3, 0.4) is 0 Å². The minimum atomic E-state index is -3.94. The van der Waals surface area contributed by atoms with Crippen molar-refractivity contribution in [2.45, 2.75) is 23.5 Å². The summed E-state index contributed by atoms with van der Waals surface area (Å²) < 4.78 is 36.6. The quantitative estimate of drug-likeness (QED) is 0.504. The summed E-state index contributed by atoms with van der Waals surface area (Å²) in [4.78, 5) is 12.6. The third-order valence-electron chi connectivity index (χ3n) is 4.79. The average Bonchev–Trinajstić information content (AvgIpc) is 2.78. The number of rotatable bonds is 8. The van der Waals surface area contributed by atoms with Gasteiger partial charge in [-0.05, 0) is 47.9 Å². The number of sulfone groups is 1. The molecular weight excluding hydrogens is 400 g/mol. The third kappa shape index (κ3) is 4.89. The Morgan fingerprint density at radius 1 is 0.867 bits per heavy atom. The SMILES string of the molecule is CCOC(=O)C(Cc1ccc(-c2ccccc2)cc1)S(=O)(=O)c1ccc(OC)cc1. The molecule has 3 rings (SSSR count). The lowest BCUT2D eigenvalue weighted by atomic mass is 10.0. The minimum Gasteiger partial charge on any atom is -0.497 e. The number of methoxy groups -OCH3 is 1. The summed E-state index contributed by atoms with van der Waals surface area (Å²) in [6.45, 7) is 1.77. The van der Waals surface area contributed by atoms with Crippen molar-refractivity contribution in [1.29, 1.82) is 0 Å². The van der Waals surface area contributed by atoms with Crippen molar-refractivity contribution in [3.05, 3.63) is 84.4 Å². The predicted molar refractivity (Wildman–Crippen MR) is 116 cm³/mol. The van der Waals surface area contributed by atoms with Crippen LogP contribution >= 0.6 is 0 Å². The fourth-order valence-electron chi connectivity index (χ4n) is 3.16. The number of carbonyl (C=O) groups excluding carboxylic acids is 1. The summed E-state index contributed by atoms with van der Waals surface area (Å²) in [6.07, 6.45) is 0.0300. The van der Waals surface area contributed by atoms with Crippen molar-refractivity contribution >= 4 is 15.8 Å². The van der Waals surface area contributed by atoms with Crippen LogP contribution in [0.4, 0.5) is 0 Å². The molecule has 1 atom stereocenters. The van der Waals surface area contributed by atoms with Crippen LogP contribution in [0.25, 0.3) is 11.1 Å². The van der Waals surface area contributed by atoms with Gasteiger partial charge in [0.2, 0.25) is 0 Å². The molecule has 3 aromatic rings. The summed E-state index contributed by atoms with van der Waals surface area (Å²) in [5, 5.41) is -1.33. The standard InChI is InChI=1S/C24H24O5S/c1-3-29-24(25)23(30(26,27)22-15-13-21(28-2)14-16-22)17-18-9-11-20(12-10-18)19-7-5-4-6-8-19/h4-16,23H,3,17H2,1-2H3. The molecule has 0 radical (unpaired) electrons. The fraction of sp³-hybridized carbons (Fsp3) is 0.208. The molecule has 156 valence electrons. The average molecular weight is 425 g/mol. The molecule has 1 unspecified atom stereocenters. The molecule has 3 aromatic carbocycles. The van der Waals surface area contributed by atoms with Crippen LogP contribution in [-0.4, -0.2) is 33.4 Å². The highest BCUT2D eigenvalue weighted by atomic mass is 32.2. The van der Waals surface area contributed by atoms with Gasteiger partial charge in [0.05, 0.1) is 18.6 Å². The van der Waals surface area contributed by atoms with E-state index >= 15 is 0 Å². The molecule has 0 heterocycles. The lowest BCUT2D eigenvalue weighted by Gasteiger charge is -2.17. The zero-order valence-corrected chi connectivity index (χ0v) is 17.8. The van der Waals surface area contributed by atoms with Gasteiger partial charge in [-0.15, -0.1) is 0 Å². The number of benzene rings is 3. The Labute approximate surface area is 177 Å². The predicted octanol–water partition coefficient (Wildman–Crippen LogP) is 4.31. The zero-order valence-electron chi connectivity index (χ0n) is 16.9. The van der Waals surface area contributed by atoms with Gasteiger partial charge in [0.1, 0.15) is 5.75 Å². The molecule has 0 aromatic heterocycles. The Bertz CT molecular complexity index is 1070. The van der Waals surface area contributed by atoms with Crippen molar-refractivity contribution in [1.82, 2.24) is 0 Å². The molecule has 5 nitrogen and oxygen atoms in total. The normalized spacial score (nSPS) is 12.2. The molecule has 0 N–H and O–H groups in total. The van der Waals surface area contributed by atoms with Gasteiger partial charge in [-0.3, -0.25) is 4.79 Å². The van der Waals surface area contributed by atoms with Crippen LogP contribution in [0.2, 0.25) is 0 Å². The largest absolute Gasteiger partial charge is 0.497 e. The molecule has 0 aliphatic rings. The van der Waals surface area contributed by atoms with E-state index in [9.17, 15) is 13.2 Å². The molecule has 0 bridgehead atoms. The third-order valence-corrected chi connectivity index (χ3v) is 6.83. The summed E-state index contributed by atoms with van der Waals surface area (Å²) >= 11 is 0. The van der Waals surface area contributed by atoms with Gasteiger partial charge in [0.25, 0.3) is 0 Å². The Hall–Kier alpha value is -3.12. The first-order chi connectivity index (χ1) is 14.5. The van der Waals surface area contributed by atoms with Gasteiger partial charge in [-0.1, -0.05) is 54.6 Å². The van der Waals surface area contributed by atoms with E-state index < -0.39 is 21.1 Å². The first kappa shape index (κ1) is 21.6. The maximum Gasteiger partial charge on any atom is 0.325 e. The highest BCUT2D eigenvalue weighted by Gasteiger charge is 2.35. The molecule has 0 aliphatic carbocycles. The van der Waals surface area contributed by atoms with E-state index in [1.54, 1.807) is 19.1 Å². The topological polar surface area (TPSA) is 69.7 Å². The van der Waals surface area contributed by atoms with Gasteiger partial charge in [-0.25, -0.2) is 8.42 Å². The Kier molecular flexibility index (Phi) is 6.90. The van der Waals surface area contributed by atoms with Crippen molar-refractivity contribution < 1.29 is 22.7 Å². The summed E-state index contributed by atoms with van der Waals surface area (Å²) in [5.41, 5.74) is 2.83. The maximum atomic E-state index is 13.2. The lowest BCUT2D eigenvalue weighted by molar-refractivity contribution is -0.142. The summed E-state index contributed by atoms with van der Waals surface area (Å²) in [6, 6.07) is 23.4. The van der Waals surface area contributed by atoms with Crippen molar-refractivity contribution in [3.8, 4) is 16.9 Å². The van der Waals surface area contributed by atoms with E-state index in [2.05, 4.69) is 0 Å². The van der Waals surface area contributed by atoms with E-state index in [1.807, 2.05) is 54.6 Å². The van der Waals surface area contributed by atoms with E-state index in [0.717, 1.165) is 16.7 Å². The smallest absolute Gasteiger partial charge is 0.325 e. The van der Waals surface area contributed by atoms with E-state index in [0.29, 0.717) is 5.75 Å². The Morgan fingerprint density at radius 3 is 2.03 bits per heavy atom. The lowest BCUT2D eigenvalue weighted by Crippen LogP contribution is -2.34. The minimum absolute atomic E-state index is 0.0300. The second-order valence-corrected chi connectivity index (χ2v) is 8.86. The summed E-state index contributed by atoms with van der Waals surface area (Å²) in [5.74, 6) is -0.210. The summed E-state index contributed by atoms with van der Waals surface area (Å²) in [7, 11) is -2.43. The molecule has 30 heavy (non-hydrogen) atoms. The Balaban J connectivity index is 1.89. The fourth-order valence-corrected chi connectivity index (χ4v) is 4.74. The van der Waals surface area contributed by atoms with Gasteiger partial charge >= 0.3 is 5.97 Å². The highest BCUT2D eigenvalue weighted by molar-refractivity contribution is 7.92. The monoisotopic (exact) mass is 424 g/mol. The Morgan fingerprint density at radius 2 is 1.47 bits per heavy atom. The molecular formula is C24H24O5S. The van der Waals surface area contributed by atoms with Crippen molar-refractivity contribution in [3.63, 3.8) is 0 Å². The second-order valence-electron chi connectivity index (χ2n) is 6.73. The first-order valence-corrected chi connectivity index (χ1v) is 11.2. The molecule has 0 saturated heterocycles. The van der Waals surface area contributed by atoms with Crippen molar-refractivity contribution in [2.75, 3.05) is 13.7 Å². The van der Waals surface area contributed by atoms with Gasteiger partial charge in [0.15, 0.2) is 15.1 Å². The van der Waals surface area contributed by atoms with Gasteiger partial charge in [-0.2, -0.15) is 0 Å². The number of esters is 1. The number of carbonyl (C=O) groups is 1. The van der Waals surface area contributed by atoms with E-state index in [-0.39, 0.29) is 17.9 Å². The van der Waals surface area contributed by atoms with Gasteiger partial charge in [0, 0.05) is 6.42 Å². The molecule has 0 saturated carbocycles. The maximum absolute atomic E-state index is 13.2. The van der Waals surface area contributed by atoms with Crippen LogP contribution in [-0.2, 0) is 25.8 Å². The van der Waals surface area contributed by atoms with Gasteiger partial charge < -0.3 is 9.47 Å².